The van der Waals surface area contributed by atoms with Crippen molar-refractivity contribution >= 4 is 33.8 Å². The molecule has 4 rings (SSSR count). The molecule has 4 nitrogen and oxygen atoms in total. The summed E-state index contributed by atoms with van der Waals surface area (Å²) in [5.74, 6) is -1.05. The lowest BCUT2D eigenvalue weighted by molar-refractivity contribution is -0.117. The van der Waals surface area contributed by atoms with E-state index in [-0.39, 0.29) is 0 Å². The maximum Gasteiger partial charge on any atom is 0.202 e. The van der Waals surface area contributed by atoms with Gasteiger partial charge in [0.15, 0.2) is 0 Å². The normalized spacial score (nSPS) is 10.4. The van der Waals surface area contributed by atoms with Crippen molar-refractivity contribution in [1.29, 1.82) is 10.5 Å². The predicted octanol–water partition coefficient (Wildman–Crippen LogP) is 7.37. The highest BCUT2D eigenvalue weighted by Crippen LogP contribution is 2.31. The predicted molar refractivity (Wildman–Crippen MR) is 139 cm³/mol. The minimum atomic E-state index is -0.527. The molecule has 0 saturated heterocycles. The Kier molecular flexibility index (Phi) is 8.15. The number of carbonyl (C=O) groups is 2. The summed E-state index contributed by atoms with van der Waals surface area (Å²) in [4.78, 5) is 25.5. The molecule has 0 unspecified atom stereocenters. The number of hydrogen-bond donors (Lipinski definition) is 0. The first-order valence-electron chi connectivity index (χ1n) is 10.9. The molecule has 37 heavy (non-hydrogen) atoms. The smallest absolute Gasteiger partial charge is 0.202 e. The second kappa shape index (κ2) is 11.7. The fourth-order valence-corrected chi connectivity index (χ4v) is 5.11. The lowest BCUT2D eigenvalue weighted by atomic mass is 10.0. The number of nitrogens with zero attached hydrogens (tertiary/aromatic N) is 2. The molecule has 180 valence electrons. The summed E-state index contributed by atoms with van der Waals surface area (Å²) in [6, 6.07) is 25.7. The van der Waals surface area contributed by atoms with Gasteiger partial charge in [0.25, 0.3) is 0 Å². The molecule has 0 aliphatic heterocycles. The summed E-state index contributed by atoms with van der Waals surface area (Å²) in [6.07, 6.45) is -0.409. The number of benzene rings is 4. The van der Waals surface area contributed by atoms with Crippen LogP contribution in [0.4, 0.5) is 8.78 Å². The summed E-state index contributed by atoms with van der Waals surface area (Å²) in [6.45, 7) is 0. The van der Waals surface area contributed by atoms with Crippen LogP contribution in [-0.2, 0) is 9.59 Å². The van der Waals surface area contributed by atoms with Crippen molar-refractivity contribution in [3.05, 3.63) is 108 Å². The largest absolute Gasteiger partial charge is 0.286 e. The molecule has 0 radical (unpaired) electrons. The van der Waals surface area contributed by atoms with Crippen LogP contribution >= 0.6 is 23.5 Å². The molecule has 4 aromatic rings. The van der Waals surface area contributed by atoms with E-state index in [2.05, 4.69) is 0 Å². The maximum absolute atomic E-state index is 14.6. The van der Waals surface area contributed by atoms with Gasteiger partial charge in [-0.1, -0.05) is 59.9 Å². The first kappa shape index (κ1) is 25.8. The lowest BCUT2D eigenvalue weighted by Gasteiger charge is -2.07. The van der Waals surface area contributed by atoms with Crippen molar-refractivity contribution in [2.24, 2.45) is 0 Å². The standard InChI is InChI=1S/C29H16F2N2O2S2/c30-26-13-22(9-11-24(26)20-5-1-18(16-32)2-6-20)36-28(34)15-29(35)37-23-10-12-25(27(31)14-23)21-7-3-19(17-33)4-8-21/h1-14H,15H2. The molecule has 0 bridgehead atoms. The quantitative estimate of drug-likeness (QED) is 0.193. The van der Waals surface area contributed by atoms with Gasteiger partial charge in [-0.25, -0.2) is 8.78 Å². The molecule has 0 amide bonds. The number of thioether (sulfide) groups is 2. The highest BCUT2D eigenvalue weighted by Gasteiger charge is 2.16. The van der Waals surface area contributed by atoms with Gasteiger partial charge in [0.1, 0.15) is 11.6 Å². The van der Waals surface area contributed by atoms with Crippen LogP contribution in [0.1, 0.15) is 17.5 Å². The van der Waals surface area contributed by atoms with Crippen LogP contribution in [0, 0.1) is 34.3 Å². The Labute approximate surface area is 220 Å². The molecule has 0 aromatic heterocycles. The van der Waals surface area contributed by atoms with Gasteiger partial charge < -0.3 is 0 Å². The number of nitriles is 2. The molecule has 8 heteroatoms. The molecule has 0 N–H and O–H groups in total. The Bertz CT molecular complexity index is 1450. The van der Waals surface area contributed by atoms with Crippen molar-refractivity contribution in [3.8, 4) is 34.4 Å². The van der Waals surface area contributed by atoms with Gasteiger partial charge in [-0.3, -0.25) is 9.59 Å². The monoisotopic (exact) mass is 526 g/mol. The minimum absolute atomic E-state index is 0.333. The van der Waals surface area contributed by atoms with Crippen molar-refractivity contribution < 1.29 is 18.4 Å². The summed E-state index contributed by atoms with van der Waals surface area (Å²) < 4.78 is 29.3. The molecule has 0 fully saturated rings. The van der Waals surface area contributed by atoms with Crippen LogP contribution in [0.15, 0.2) is 94.7 Å². The van der Waals surface area contributed by atoms with E-state index < -0.39 is 28.3 Å². The number of rotatable bonds is 6. The third-order valence-corrected chi connectivity index (χ3v) is 7.01. The van der Waals surface area contributed by atoms with Crippen molar-refractivity contribution in [3.63, 3.8) is 0 Å². The van der Waals surface area contributed by atoms with Crippen LogP contribution in [-0.4, -0.2) is 10.2 Å². The zero-order valence-corrected chi connectivity index (χ0v) is 20.7. The van der Waals surface area contributed by atoms with Gasteiger partial charge in [0.2, 0.25) is 10.2 Å². The maximum atomic E-state index is 14.6. The van der Waals surface area contributed by atoms with Crippen LogP contribution < -0.4 is 0 Å². The molecule has 0 atom stereocenters. The summed E-state index contributed by atoms with van der Waals surface area (Å²) in [5, 5.41) is 16.9. The van der Waals surface area contributed by atoms with Crippen LogP contribution in [0.3, 0.4) is 0 Å². The van der Waals surface area contributed by atoms with Gasteiger partial charge in [-0.2, -0.15) is 10.5 Å². The highest BCUT2D eigenvalue weighted by atomic mass is 32.2. The first-order chi connectivity index (χ1) is 17.9. The van der Waals surface area contributed by atoms with E-state index in [0.717, 1.165) is 23.5 Å². The highest BCUT2D eigenvalue weighted by molar-refractivity contribution is 8.15. The van der Waals surface area contributed by atoms with Gasteiger partial charge in [-0.05, 0) is 59.7 Å². The average molecular weight is 527 g/mol. The second-order valence-electron chi connectivity index (χ2n) is 7.79. The molecule has 4 aromatic carbocycles. The van der Waals surface area contributed by atoms with Crippen molar-refractivity contribution in [1.82, 2.24) is 0 Å². The van der Waals surface area contributed by atoms with Gasteiger partial charge in [0.05, 0.1) is 29.7 Å². The van der Waals surface area contributed by atoms with Crippen LogP contribution in [0.25, 0.3) is 22.3 Å². The Morgan fingerprint density at radius 1 is 0.622 bits per heavy atom. The van der Waals surface area contributed by atoms with E-state index in [1.807, 2.05) is 12.1 Å². The van der Waals surface area contributed by atoms with Gasteiger partial charge >= 0.3 is 0 Å². The van der Waals surface area contributed by atoms with E-state index in [1.54, 1.807) is 72.8 Å². The Morgan fingerprint density at radius 2 is 1.00 bits per heavy atom. The van der Waals surface area contributed by atoms with Crippen molar-refractivity contribution in [2.75, 3.05) is 0 Å². The van der Waals surface area contributed by atoms with Crippen LogP contribution in [0.5, 0.6) is 0 Å². The summed E-state index contributed by atoms with van der Waals surface area (Å²) >= 11 is 1.52. The number of hydrogen-bond acceptors (Lipinski definition) is 6. The molecular formula is C29H16F2N2O2S2. The SMILES string of the molecule is N#Cc1ccc(-c2ccc(SC(=O)CC(=O)Sc3ccc(-c4ccc(C#N)cc4)c(F)c3)cc2F)cc1. The zero-order valence-electron chi connectivity index (χ0n) is 19.1. The number of halogens is 2. The topological polar surface area (TPSA) is 81.7 Å². The van der Waals surface area contributed by atoms with Crippen LogP contribution in [0.2, 0.25) is 0 Å². The van der Waals surface area contributed by atoms with Gasteiger partial charge in [0, 0.05) is 20.9 Å². The van der Waals surface area contributed by atoms with E-state index in [1.165, 1.54) is 12.1 Å². The fraction of sp³-hybridized carbons (Fsp3) is 0.0345. The van der Waals surface area contributed by atoms with E-state index in [4.69, 9.17) is 10.5 Å². The first-order valence-corrected chi connectivity index (χ1v) is 12.5. The third kappa shape index (κ3) is 6.50. The molecule has 0 aliphatic carbocycles. The van der Waals surface area contributed by atoms with E-state index >= 15 is 0 Å². The summed E-state index contributed by atoms with van der Waals surface area (Å²) in [7, 11) is 0. The second-order valence-corrected chi connectivity index (χ2v) is 10.0. The summed E-state index contributed by atoms with van der Waals surface area (Å²) in [5.41, 5.74) is 2.80. The Hall–Kier alpha value is -4.24. The molecule has 0 heterocycles. The molecule has 0 saturated carbocycles. The molecular weight excluding hydrogens is 510 g/mol. The fourth-order valence-electron chi connectivity index (χ4n) is 3.49. The van der Waals surface area contributed by atoms with E-state index in [0.29, 0.717) is 43.2 Å². The minimum Gasteiger partial charge on any atom is -0.286 e. The van der Waals surface area contributed by atoms with Crippen molar-refractivity contribution in [2.45, 2.75) is 16.2 Å². The van der Waals surface area contributed by atoms with E-state index in [9.17, 15) is 18.4 Å². The molecule has 0 aliphatic rings. The van der Waals surface area contributed by atoms with Gasteiger partial charge in [-0.15, -0.1) is 0 Å². The zero-order chi connectivity index (χ0) is 26.4. The molecule has 0 spiro atoms. The number of carbonyl (C=O) groups excluding carboxylic acids is 2. The Morgan fingerprint density at radius 3 is 1.32 bits per heavy atom. The Balaban J connectivity index is 1.36. The third-order valence-electron chi connectivity index (χ3n) is 5.28. The average Bonchev–Trinajstić information content (AvgIpc) is 2.89. The lowest BCUT2D eigenvalue weighted by Crippen LogP contribution is -2.01.